The molecule has 12 nitrogen and oxygen atoms in total. The largest absolute Gasteiger partial charge is 0.507 e. The molecule has 1 atom stereocenters. The van der Waals surface area contributed by atoms with Crippen LogP contribution in [0.4, 0.5) is 5.69 Å². The third-order valence-electron chi connectivity index (χ3n) is 11.2. The summed E-state index contributed by atoms with van der Waals surface area (Å²) in [5.41, 5.74) is 10.1. The third-order valence-corrected chi connectivity index (χ3v) is 12.2. The first-order valence-corrected chi connectivity index (χ1v) is 20.2. The number of aryl methyl sites for hydroxylation is 1. The van der Waals surface area contributed by atoms with E-state index in [1.54, 1.807) is 28.4 Å². The fraction of sp³-hybridized carbons (Fsp3) is 0.372. The van der Waals surface area contributed by atoms with Gasteiger partial charge in [0.1, 0.15) is 11.8 Å². The van der Waals surface area contributed by atoms with E-state index >= 15 is 0 Å². The number of nitrogens with one attached hydrogen (secondary N) is 1. The summed E-state index contributed by atoms with van der Waals surface area (Å²) in [6.45, 7) is 10.6. The second-order valence-corrected chi connectivity index (χ2v) is 16.7. The Bertz CT molecular complexity index is 2320. The van der Waals surface area contributed by atoms with Crippen LogP contribution in [0.25, 0.3) is 32.6 Å². The van der Waals surface area contributed by atoms with Gasteiger partial charge in [-0.3, -0.25) is 14.3 Å². The Hall–Kier alpha value is -5.69. The number of carbonyl (C=O) groups is 2. The molecule has 2 N–H and O–H groups in total. The highest BCUT2D eigenvalue weighted by atomic mass is 32.1. The number of phenolic OH excluding ortho intramolecular Hbond substituents is 1. The number of likely N-dealkylation sites (tertiary alicyclic amines) is 1. The van der Waals surface area contributed by atoms with E-state index in [0.717, 1.165) is 72.3 Å². The SMILES string of the molecule is CC(C)Cn1cc(C2CC3(C2)CN(c2ccc4cc(-c5ccccc5O)nnc4c2)C3)nn1.Cc1ncsc1-c1ccc(CNC(=O)C2CCCN2C=O)cc1. The van der Waals surface area contributed by atoms with Crippen molar-refractivity contribution in [3.05, 3.63) is 101 Å². The molecule has 5 heterocycles. The molecular formula is C43H47N9O3S. The maximum Gasteiger partial charge on any atom is 0.243 e. The number of thiazole rings is 1. The lowest BCUT2D eigenvalue weighted by molar-refractivity contribution is -0.131. The van der Waals surface area contributed by atoms with E-state index in [2.05, 4.69) is 86.1 Å². The molecule has 3 aromatic carbocycles. The van der Waals surface area contributed by atoms with Crippen LogP contribution in [-0.2, 0) is 22.7 Å². The molecule has 1 aliphatic carbocycles. The number of para-hydroxylation sites is 1. The molecule has 3 fully saturated rings. The van der Waals surface area contributed by atoms with Gasteiger partial charge in [-0.2, -0.15) is 0 Å². The Morgan fingerprint density at radius 2 is 1.84 bits per heavy atom. The number of anilines is 1. The first kappa shape index (κ1) is 37.2. The number of aromatic nitrogens is 6. The van der Waals surface area contributed by atoms with Gasteiger partial charge in [-0.1, -0.05) is 61.5 Å². The summed E-state index contributed by atoms with van der Waals surface area (Å²) in [7, 11) is 0. The fourth-order valence-corrected chi connectivity index (χ4v) is 9.07. The van der Waals surface area contributed by atoms with E-state index < -0.39 is 0 Å². The molecule has 288 valence electrons. The molecule has 2 saturated heterocycles. The summed E-state index contributed by atoms with van der Waals surface area (Å²) in [6.07, 6.45) is 6.93. The lowest BCUT2D eigenvalue weighted by Crippen LogP contribution is -2.61. The minimum absolute atomic E-state index is 0.0722. The molecule has 3 aliphatic rings. The van der Waals surface area contributed by atoms with Crippen LogP contribution in [0.15, 0.2) is 84.5 Å². The lowest BCUT2D eigenvalue weighted by atomic mass is 9.57. The van der Waals surface area contributed by atoms with Crippen LogP contribution < -0.4 is 10.2 Å². The van der Waals surface area contributed by atoms with Crippen molar-refractivity contribution in [3.63, 3.8) is 0 Å². The average Bonchev–Trinajstić information content (AvgIpc) is 3.95. The Labute approximate surface area is 330 Å². The fourth-order valence-electron chi connectivity index (χ4n) is 8.26. The molecule has 3 aromatic heterocycles. The van der Waals surface area contributed by atoms with E-state index in [1.807, 2.05) is 47.4 Å². The Morgan fingerprint density at radius 3 is 2.57 bits per heavy atom. The number of aromatic hydroxyl groups is 1. The molecule has 0 bridgehead atoms. The van der Waals surface area contributed by atoms with E-state index in [1.165, 1.54) is 23.4 Å². The van der Waals surface area contributed by atoms with Crippen molar-refractivity contribution in [2.24, 2.45) is 11.3 Å². The van der Waals surface area contributed by atoms with Gasteiger partial charge in [-0.15, -0.1) is 26.6 Å². The van der Waals surface area contributed by atoms with Gasteiger partial charge < -0.3 is 20.2 Å². The number of rotatable bonds is 10. The number of phenols is 1. The van der Waals surface area contributed by atoms with Gasteiger partial charge >= 0.3 is 0 Å². The zero-order chi connectivity index (χ0) is 38.8. The van der Waals surface area contributed by atoms with E-state index in [0.29, 0.717) is 41.6 Å². The predicted octanol–water partition coefficient (Wildman–Crippen LogP) is 6.99. The maximum atomic E-state index is 12.2. The Balaban J connectivity index is 0.000000169. The standard InChI is InChI=1S/C26H28N6O.C17H19N3O2S/c1-17(2)13-32-14-24(29-30-32)19-11-26(12-19)15-31(16-26)20-8-7-18-9-23(28-27-22(18)10-20)21-5-3-4-6-25(21)33;1-12-16(23-10-19-12)14-6-4-13(5-7-14)9-18-17(22)15-3-2-8-20(15)11-21/h3-10,14,17,19,33H,11-13,15-16H2,1-2H3;4-7,10-11,15H,2-3,8-9H2,1H3,(H,18,22). The molecule has 0 radical (unpaired) electrons. The van der Waals surface area contributed by atoms with Crippen LogP contribution in [0, 0.1) is 18.3 Å². The molecule has 1 saturated carbocycles. The second-order valence-electron chi connectivity index (χ2n) is 15.9. The highest BCUT2D eigenvalue weighted by Crippen LogP contribution is 2.56. The van der Waals surface area contributed by atoms with Crippen LogP contribution in [0.3, 0.4) is 0 Å². The number of fused-ring (bicyclic) bond motifs is 1. The van der Waals surface area contributed by atoms with Gasteiger partial charge in [-0.25, -0.2) is 4.98 Å². The van der Waals surface area contributed by atoms with Crippen LogP contribution in [-0.4, -0.2) is 78.2 Å². The number of hydrogen-bond acceptors (Lipinski definition) is 10. The van der Waals surface area contributed by atoms with E-state index in [4.69, 9.17) is 0 Å². The number of benzene rings is 3. The lowest BCUT2D eigenvalue weighted by Gasteiger charge is -2.59. The van der Waals surface area contributed by atoms with Crippen LogP contribution >= 0.6 is 11.3 Å². The highest BCUT2D eigenvalue weighted by Gasteiger charge is 2.53. The monoisotopic (exact) mass is 769 g/mol. The maximum absolute atomic E-state index is 12.2. The quantitative estimate of drug-likeness (QED) is 0.141. The predicted molar refractivity (Wildman–Crippen MR) is 218 cm³/mol. The molecule has 1 spiro atoms. The molecule has 6 aromatic rings. The summed E-state index contributed by atoms with van der Waals surface area (Å²) in [4.78, 5) is 32.5. The molecule has 1 unspecified atom stereocenters. The van der Waals surface area contributed by atoms with Crippen molar-refractivity contribution in [3.8, 4) is 27.4 Å². The summed E-state index contributed by atoms with van der Waals surface area (Å²) in [5.74, 6) is 1.27. The normalized spacial score (nSPS) is 17.4. The van der Waals surface area contributed by atoms with Gasteiger partial charge in [0, 0.05) is 66.9 Å². The van der Waals surface area contributed by atoms with Gasteiger partial charge in [0.2, 0.25) is 12.3 Å². The van der Waals surface area contributed by atoms with E-state index in [-0.39, 0.29) is 17.7 Å². The van der Waals surface area contributed by atoms with Crippen molar-refractivity contribution in [1.82, 2.24) is 40.4 Å². The second kappa shape index (κ2) is 15.8. The molecule has 2 amide bonds. The van der Waals surface area contributed by atoms with Crippen molar-refractivity contribution in [2.45, 2.75) is 71.5 Å². The van der Waals surface area contributed by atoms with Gasteiger partial charge in [0.25, 0.3) is 0 Å². The van der Waals surface area contributed by atoms with Crippen molar-refractivity contribution in [2.75, 3.05) is 24.5 Å². The third kappa shape index (κ3) is 7.86. The number of carbonyl (C=O) groups excluding carboxylic acids is 2. The summed E-state index contributed by atoms with van der Waals surface area (Å²) in [6, 6.07) is 23.4. The van der Waals surface area contributed by atoms with Crippen molar-refractivity contribution < 1.29 is 14.7 Å². The van der Waals surface area contributed by atoms with Crippen LogP contribution in [0.2, 0.25) is 0 Å². The van der Waals surface area contributed by atoms with Crippen LogP contribution in [0.5, 0.6) is 5.75 Å². The number of hydrogen-bond donors (Lipinski definition) is 2. The zero-order valence-electron chi connectivity index (χ0n) is 32.0. The van der Waals surface area contributed by atoms with Crippen LogP contribution in [0.1, 0.15) is 62.4 Å². The number of amides is 2. The first-order valence-electron chi connectivity index (χ1n) is 19.4. The summed E-state index contributed by atoms with van der Waals surface area (Å²) in [5, 5.41) is 31.6. The zero-order valence-corrected chi connectivity index (χ0v) is 32.8. The molecular weight excluding hydrogens is 723 g/mol. The highest BCUT2D eigenvalue weighted by molar-refractivity contribution is 7.13. The van der Waals surface area contributed by atoms with E-state index in [9.17, 15) is 14.7 Å². The average molecular weight is 770 g/mol. The Kier molecular flexibility index (Phi) is 10.5. The Morgan fingerprint density at radius 1 is 1.04 bits per heavy atom. The van der Waals surface area contributed by atoms with Gasteiger partial charge in [0.05, 0.1) is 33.0 Å². The molecule has 9 rings (SSSR count). The first-order chi connectivity index (χ1) is 27.2. The minimum atomic E-state index is -0.313. The topological polar surface area (TPSA) is 142 Å². The minimum Gasteiger partial charge on any atom is -0.507 e. The number of nitrogens with zero attached hydrogens (tertiary/aromatic N) is 8. The molecule has 2 aliphatic heterocycles. The van der Waals surface area contributed by atoms with Gasteiger partial charge in [0.15, 0.2) is 0 Å². The molecule has 56 heavy (non-hydrogen) atoms. The smallest absolute Gasteiger partial charge is 0.243 e. The van der Waals surface area contributed by atoms with Crippen molar-refractivity contribution in [1.29, 1.82) is 0 Å². The van der Waals surface area contributed by atoms with Gasteiger partial charge in [-0.05, 0) is 80.0 Å². The summed E-state index contributed by atoms with van der Waals surface area (Å²) >= 11 is 1.63. The summed E-state index contributed by atoms with van der Waals surface area (Å²) < 4.78 is 1.98. The van der Waals surface area contributed by atoms with Crippen molar-refractivity contribution >= 4 is 40.2 Å². The molecule has 13 heteroatoms.